The van der Waals surface area contributed by atoms with Crippen LogP contribution in [0.2, 0.25) is 0 Å². The van der Waals surface area contributed by atoms with Crippen molar-refractivity contribution in [2.75, 3.05) is 18.1 Å². The van der Waals surface area contributed by atoms with E-state index in [1.54, 1.807) is 0 Å². The maximum absolute atomic E-state index is 11.6. The molecule has 1 aromatic heterocycles. The van der Waals surface area contributed by atoms with E-state index < -0.39 is 18.0 Å². The van der Waals surface area contributed by atoms with Crippen LogP contribution in [0.4, 0.5) is 4.79 Å². The van der Waals surface area contributed by atoms with Gasteiger partial charge in [0.15, 0.2) is 0 Å². The number of carboxylic acids is 1. The molecule has 0 fully saturated rings. The van der Waals surface area contributed by atoms with Crippen molar-refractivity contribution >= 4 is 23.8 Å². The zero-order valence-electron chi connectivity index (χ0n) is 10.8. The molecule has 1 rings (SSSR count). The van der Waals surface area contributed by atoms with E-state index in [0.717, 1.165) is 0 Å². The quantitative estimate of drug-likeness (QED) is 0.401. The first kappa shape index (κ1) is 15.9. The van der Waals surface area contributed by atoms with Gasteiger partial charge in [-0.3, -0.25) is 0 Å². The highest BCUT2D eigenvalue weighted by Gasteiger charge is 2.20. The van der Waals surface area contributed by atoms with Gasteiger partial charge in [0, 0.05) is 30.6 Å². The molecule has 8 heteroatoms. The molecule has 1 atom stereocenters. The highest BCUT2D eigenvalue weighted by molar-refractivity contribution is 7.99. The molecule has 0 aliphatic carbocycles. The minimum absolute atomic E-state index is 0.147. The fourth-order valence-corrected chi connectivity index (χ4v) is 1.90. The number of aromatic amines is 1. The van der Waals surface area contributed by atoms with Gasteiger partial charge in [-0.15, -0.1) is 18.2 Å². The third-order valence-electron chi connectivity index (χ3n) is 2.30. The van der Waals surface area contributed by atoms with Gasteiger partial charge in [-0.1, -0.05) is 5.92 Å². The number of carbonyl (C=O) groups is 2. The van der Waals surface area contributed by atoms with Crippen molar-refractivity contribution < 1.29 is 14.7 Å². The smallest absolute Gasteiger partial charge is 0.326 e. The molecule has 0 aliphatic heterocycles. The number of carboxylic acid groups (broad SMARTS) is 1. The summed E-state index contributed by atoms with van der Waals surface area (Å²) in [4.78, 5) is 29.2. The van der Waals surface area contributed by atoms with Crippen molar-refractivity contribution in [3.05, 3.63) is 18.2 Å². The van der Waals surface area contributed by atoms with Crippen molar-refractivity contribution in [1.29, 1.82) is 0 Å². The monoisotopic (exact) mass is 296 g/mol. The van der Waals surface area contributed by atoms with Crippen molar-refractivity contribution in [1.82, 2.24) is 20.6 Å². The molecule has 1 unspecified atom stereocenters. The Labute approximate surface area is 120 Å². The molecule has 20 heavy (non-hydrogen) atoms. The molecule has 0 aromatic carbocycles. The highest BCUT2D eigenvalue weighted by Crippen LogP contribution is 1.99. The summed E-state index contributed by atoms with van der Waals surface area (Å²) in [6.07, 6.45) is 8.21. The van der Waals surface area contributed by atoms with Crippen molar-refractivity contribution in [3.8, 4) is 12.3 Å². The van der Waals surface area contributed by atoms with Crippen molar-refractivity contribution in [3.63, 3.8) is 0 Å². The number of imidazole rings is 1. The van der Waals surface area contributed by atoms with E-state index in [-0.39, 0.29) is 6.42 Å². The topological polar surface area (TPSA) is 107 Å². The predicted octanol–water partition coefficient (Wildman–Crippen LogP) is 0.0710. The first-order valence-electron chi connectivity index (χ1n) is 5.89. The van der Waals surface area contributed by atoms with Crippen LogP contribution in [-0.2, 0) is 11.2 Å². The molecular weight excluding hydrogens is 280 g/mol. The Morgan fingerprint density at radius 3 is 3.00 bits per heavy atom. The molecule has 1 heterocycles. The first-order valence-corrected chi connectivity index (χ1v) is 7.04. The SMILES string of the molecule is C#CCSCCNC(=O)NC(Cc1cnc[nH]1)C(=O)O. The lowest BCUT2D eigenvalue weighted by molar-refractivity contribution is -0.139. The number of H-pyrrole nitrogens is 1. The number of carbonyl (C=O) groups excluding carboxylic acids is 1. The zero-order chi connectivity index (χ0) is 14.8. The molecule has 4 N–H and O–H groups in total. The molecule has 0 saturated carbocycles. The standard InChI is InChI=1S/C12H16N4O3S/c1-2-4-20-5-3-14-12(19)16-10(11(17)18)6-9-7-13-8-15-9/h1,7-8,10H,3-6H2,(H,13,15)(H,17,18)(H2,14,16,19). The van der Waals surface area contributed by atoms with Crippen LogP contribution < -0.4 is 10.6 Å². The Bertz CT molecular complexity index is 470. The van der Waals surface area contributed by atoms with Gasteiger partial charge in [0.1, 0.15) is 6.04 Å². The van der Waals surface area contributed by atoms with Crippen LogP contribution in [0.5, 0.6) is 0 Å². The second-order valence-corrected chi connectivity index (χ2v) is 4.93. The summed E-state index contributed by atoms with van der Waals surface area (Å²) in [7, 11) is 0. The average Bonchev–Trinajstić information content (AvgIpc) is 2.90. The fourth-order valence-electron chi connectivity index (χ4n) is 1.39. The van der Waals surface area contributed by atoms with Gasteiger partial charge in [0.05, 0.1) is 12.1 Å². The predicted molar refractivity (Wildman–Crippen MR) is 76.4 cm³/mol. The lowest BCUT2D eigenvalue weighted by Crippen LogP contribution is -2.47. The Balaban J connectivity index is 2.32. The normalized spacial score (nSPS) is 11.3. The van der Waals surface area contributed by atoms with Crippen molar-refractivity contribution in [2.24, 2.45) is 0 Å². The summed E-state index contributed by atoms with van der Waals surface area (Å²) in [5, 5.41) is 14.0. The number of amides is 2. The van der Waals surface area contributed by atoms with Crippen LogP contribution in [0, 0.1) is 12.3 Å². The Hall–Kier alpha value is -2.14. The molecule has 2 amide bonds. The summed E-state index contributed by atoms with van der Waals surface area (Å²) in [5.74, 6) is 2.64. The van der Waals surface area contributed by atoms with E-state index >= 15 is 0 Å². The summed E-state index contributed by atoms with van der Waals surface area (Å²) in [6, 6.07) is -1.52. The Morgan fingerprint density at radius 2 is 2.40 bits per heavy atom. The lowest BCUT2D eigenvalue weighted by Gasteiger charge is -2.14. The molecule has 0 bridgehead atoms. The van der Waals surface area contributed by atoms with Crippen LogP contribution in [0.3, 0.4) is 0 Å². The molecule has 108 valence electrons. The molecule has 7 nitrogen and oxygen atoms in total. The largest absolute Gasteiger partial charge is 0.480 e. The van der Waals surface area contributed by atoms with Gasteiger partial charge in [-0.05, 0) is 0 Å². The molecular formula is C12H16N4O3S. The molecule has 0 saturated heterocycles. The second-order valence-electron chi connectivity index (χ2n) is 3.83. The van der Waals surface area contributed by atoms with Gasteiger partial charge in [0.25, 0.3) is 0 Å². The van der Waals surface area contributed by atoms with E-state index in [1.807, 2.05) is 0 Å². The van der Waals surface area contributed by atoms with Crippen molar-refractivity contribution in [2.45, 2.75) is 12.5 Å². The lowest BCUT2D eigenvalue weighted by atomic mass is 10.2. The van der Waals surface area contributed by atoms with Gasteiger partial charge >= 0.3 is 12.0 Å². The number of thioether (sulfide) groups is 1. The third-order valence-corrected chi connectivity index (χ3v) is 3.16. The molecule has 0 radical (unpaired) electrons. The maximum Gasteiger partial charge on any atom is 0.326 e. The van der Waals surface area contributed by atoms with Crippen LogP contribution >= 0.6 is 11.8 Å². The molecule has 0 spiro atoms. The number of nitrogens with one attached hydrogen (secondary N) is 3. The van der Waals surface area contributed by atoms with Crippen LogP contribution in [0.25, 0.3) is 0 Å². The number of aromatic nitrogens is 2. The maximum atomic E-state index is 11.6. The number of terminal acetylenes is 1. The van der Waals surface area contributed by atoms with Crippen LogP contribution in [0.1, 0.15) is 5.69 Å². The molecule has 0 aliphatic rings. The van der Waals surface area contributed by atoms with E-state index in [2.05, 4.69) is 26.5 Å². The number of hydrogen-bond donors (Lipinski definition) is 4. The van der Waals surface area contributed by atoms with Gasteiger partial charge in [0.2, 0.25) is 0 Å². The average molecular weight is 296 g/mol. The summed E-state index contributed by atoms with van der Waals surface area (Å²) in [6.45, 7) is 0.425. The number of hydrogen-bond acceptors (Lipinski definition) is 4. The van der Waals surface area contributed by atoms with Gasteiger partial charge in [-0.25, -0.2) is 14.6 Å². The van der Waals surface area contributed by atoms with E-state index in [4.69, 9.17) is 11.5 Å². The zero-order valence-corrected chi connectivity index (χ0v) is 11.6. The van der Waals surface area contributed by atoms with E-state index in [0.29, 0.717) is 23.7 Å². The summed E-state index contributed by atoms with van der Waals surface area (Å²) >= 11 is 1.52. The third kappa shape index (κ3) is 6.15. The minimum Gasteiger partial charge on any atom is -0.480 e. The van der Waals surface area contributed by atoms with Gasteiger partial charge < -0.3 is 20.7 Å². The van der Waals surface area contributed by atoms with E-state index in [1.165, 1.54) is 24.3 Å². The minimum atomic E-state index is -1.10. The molecule has 1 aromatic rings. The number of nitrogens with zero attached hydrogens (tertiary/aromatic N) is 1. The first-order chi connectivity index (χ1) is 9.63. The fraction of sp³-hybridized carbons (Fsp3) is 0.417. The van der Waals surface area contributed by atoms with Crippen LogP contribution in [0.15, 0.2) is 12.5 Å². The second kappa shape index (κ2) is 8.87. The Kier molecular flexibility index (Phi) is 7.06. The van der Waals surface area contributed by atoms with E-state index in [9.17, 15) is 9.59 Å². The number of urea groups is 1. The Morgan fingerprint density at radius 1 is 1.60 bits per heavy atom. The highest BCUT2D eigenvalue weighted by atomic mass is 32.2. The summed E-state index contributed by atoms with van der Waals surface area (Å²) in [5.41, 5.74) is 0.641. The van der Waals surface area contributed by atoms with Crippen LogP contribution in [-0.4, -0.2) is 51.2 Å². The van der Waals surface area contributed by atoms with Gasteiger partial charge in [-0.2, -0.15) is 0 Å². The number of rotatable bonds is 8. The number of aliphatic carboxylic acids is 1. The summed E-state index contributed by atoms with van der Waals surface area (Å²) < 4.78 is 0.